The number of benzene rings is 1. The Bertz CT molecular complexity index is 332. The monoisotopic (exact) mass is 262 g/mol. The van der Waals surface area contributed by atoms with Crippen molar-refractivity contribution in [2.24, 2.45) is 0 Å². The predicted octanol–water partition coefficient (Wildman–Crippen LogP) is 4.58. The van der Waals surface area contributed by atoms with Crippen LogP contribution in [0, 0.1) is 0 Å². The number of rotatable bonds is 9. The van der Waals surface area contributed by atoms with Gasteiger partial charge in [0.25, 0.3) is 0 Å². The van der Waals surface area contributed by atoms with Gasteiger partial charge in [0.05, 0.1) is 12.2 Å². The highest BCUT2D eigenvalue weighted by atomic mass is 16.5. The zero-order chi connectivity index (χ0) is 13.3. The van der Waals surface area contributed by atoms with Crippen molar-refractivity contribution in [1.82, 2.24) is 0 Å². The van der Waals surface area contributed by atoms with Gasteiger partial charge >= 0.3 is 0 Å². The average molecular weight is 262 g/mol. The zero-order valence-electron chi connectivity index (χ0n) is 12.0. The smallest absolute Gasteiger partial charge is 0.119 e. The van der Waals surface area contributed by atoms with E-state index in [2.05, 4.69) is 6.92 Å². The summed E-state index contributed by atoms with van der Waals surface area (Å²) in [6.45, 7) is 3.20. The van der Waals surface area contributed by atoms with E-state index < -0.39 is 0 Å². The van der Waals surface area contributed by atoms with Crippen LogP contribution < -0.4 is 4.74 Å². The van der Waals surface area contributed by atoms with E-state index >= 15 is 0 Å². The van der Waals surface area contributed by atoms with Crippen LogP contribution in [-0.4, -0.2) is 18.8 Å². The molecule has 2 nitrogen and oxygen atoms in total. The second kappa shape index (κ2) is 8.21. The molecule has 0 radical (unpaired) electrons. The molecule has 1 saturated heterocycles. The van der Waals surface area contributed by atoms with Crippen molar-refractivity contribution in [3.8, 4) is 5.75 Å². The van der Waals surface area contributed by atoms with Gasteiger partial charge in [-0.25, -0.2) is 0 Å². The van der Waals surface area contributed by atoms with Crippen molar-refractivity contribution < 1.29 is 9.47 Å². The molecule has 1 aromatic rings. The lowest BCUT2D eigenvalue weighted by Crippen LogP contribution is -2.27. The van der Waals surface area contributed by atoms with Gasteiger partial charge in [-0.2, -0.15) is 0 Å². The maximum Gasteiger partial charge on any atom is 0.119 e. The Morgan fingerprint density at radius 1 is 1.21 bits per heavy atom. The molecule has 0 N–H and O–H groups in total. The third-order valence-corrected chi connectivity index (χ3v) is 3.77. The summed E-state index contributed by atoms with van der Waals surface area (Å²) >= 11 is 0. The zero-order valence-corrected chi connectivity index (χ0v) is 12.0. The molecule has 0 saturated carbocycles. The first-order valence-electron chi connectivity index (χ1n) is 7.71. The number of hydrogen-bond donors (Lipinski definition) is 0. The highest BCUT2D eigenvalue weighted by Crippen LogP contribution is 2.21. The lowest BCUT2D eigenvalue weighted by atomic mass is 10.0. The van der Waals surface area contributed by atoms with Crippen molar-refractivity contribution in [3.05, 3.63) is 30.3 Å². The molecule has 2 atom stereocenters. The summed E-state index contributed by atoms with van der Waals surface area (Å²) in [6.07, 6.45) is 9.35. The molecule has 1 aliphatic rings. The fraction of sp³-hybridized carbons (Fsp3) is 0.647. The molecule has 19 heavy (non-hydrogen) atoms. The molecule has 0 amide bonds. The molecule has 1 aromatic carbocycles. The first kappa shape index (κ1) is 14.4. The first-order chi connectivity index (χ1) is 9.38. The summed E-state index contributed by atoms with van der Waals surface area (Å²) in [6, 6.07) is 10.2. The average Bonchev–Trinajstić information content (AvgIpc) is 2.39. The van der Waals surface area contributed by atoms with E-state index in [-0.39, 0.29) is 0 Å². The number of para-hydroxylation sites is 1. The summed E-state index contributed by atoms with van der Waals surface area (Å²) < 4.78 is 11.6. The molecule has 0 aliphatic carbocycles. The second-order valence-corrected chi connectivity index (χ2v) is 5.41. The highest BCUT2D eigenvalue weighted by Gasteiger charge is 2.18. The van der Waals surface area contributed by atoms with Crippen LogP contribution in [0.15, 0.2) is 30.3 Å². The predicted molar refractivity (Wildman–Crippen MR) is 78.6 cm³/mol. The molecule has 2 unspecified atom stereocenters. The lowest BCUT2D eigenvalue weighted by molar-refractivity contribution is -0.0565. The van der Waals surface area contributed by atoms with Gasteiger partial charge < -0.3 is 9.47 Å². The maximum absolute atomic E-state index is 6.11. The van der Waals surface area contributed by atoms with Crippen LogP contribution in [0.1, 0.15) is 51.9 Å². The van der Waals surface area contributed by atoms with Crippen LogP contribution in [-0.2, 0) is 4.74 Å². The van der Waals surface area contributed by atoms with Gasteiger partial charge in [-0.05, 0) is 44.2 Å². The van der Waals surface area contributed by atoms with Crippen molar-refractivity contribution in [1.29, 1.82) is 0 Å². The highest BCUT2D eigenvalue weighted by molar-refractivity contribution is 5.21. The summed E-state index contributed by atoms with van der Waals surface area (Å²) in [5.74, 6) is 1.00. The minimum atomic E-state index is 0.363. The van der Waals surface area contributed by atoms with Gasteiger partial charge in [-0.15, -0.1) is 0 Å². The van der Waals surface area contributed by atoms with Crippen LogP contribution in [0.3, 0.4) is 0 Å². The largest absolute Gasteiger partial charge is 0.490 e. The van der Waals surface area contributed by atoms with E-state index in [0.717, 1.165) is 25.2 Å². The third kappa shape index (κ3) is 5.23. The minimum absolute atomic E-state index is 0.363. The number of ether oxygens (including phenoxy) is 2. The van der Waals surface area contributed by atoms with E-state index in [1.54, 1.807) is 0 Å². The first-order valence-corrected chi connectivity index (χ1v) is 7.71. The van der Waals surface area contributed by atoms with Crippen LogP contribution in [0.4, 0.5) is 0 Å². The topological polar surface area (TPSA) is 18.5 Å². The van der Waals surface area contributed by atoms with E-state index in [1.807, 2.05) is 30.3 Å². The maximum atomic E-state index is 6.11. The number of hydrogen-bond acceptors (Lipinski definition) is 2. The van der Waals surface area contributed by atoms with Gasteiger partial charge in [0.15, 0.2) is 0 Å². The molecule has 106 valence electrons. The van der Waals surface area contributed by atoms with Crippen LogP contribution in [0.25, 0.3) is 0 Å². The van der Waals surface area contributed by atoms with Gasteiger partial charge in [-0.3, -0.25) is 0 Å². The Balaban J connectivity index is 1.73. The normalized spacial score (nSPS) is 19.7. The van der Waals surface area contributed by atoms with Gasteiger partial charge in [0.2, 0.25) is 0 Å². The van der Waals surface area contributed by atoms with E-state index in [9.17, 15) is 0 Å². The van der Waals surface area contributed by atoms with Gasteiger partial charge in [0.1, 0.15) is 5.75 Å². The molecule has 2 rings (SSSR count). The van der Waals surface area contributed by atoms with Gasteiger partial charge in [-0.1, -0.05) is 38.0 Å². The van der Waals surface area contributed by atoms with Crippen molar-refractivity contribution in [2.75, 3.05) is 6.61 Å². The molecule has 0 aromatic heterocycles. The van der Waals surface area contributed by atoms with E-state index in [1.165, 1.54) is 32.1 Å². The molecular weight excluding hydrogens is 236 g/mol. The fourth-order valence-corrected chi connectivity index (χ4v) is 2.47. The molecule has 1 heterocycles. The summed E-state index contributed by atoms with van der Waals surface area (Å²) in [7, 11) is 0. The third-order valence-electron chi connectivity index (χ3n) is 3.77. The SMILES string of the molecule is CCCCC(CCCC1CCO1)Oc1ccccc1. The molecular formula is C17H26O2. The van der Waals surface area contributed by atoms with Gasteiger partial charge in [0, 0.05) is 6.61 Å². The summed E-state index contributed by atoms with van der Waals surface area (Å²) in [4.78, 5) is 0. The van der Waals surface area contributed by atoms with Crippen LogP contribution >= 0.6 is 0 Å². The Labute approximate surface area is 117 Å². The molecule has 1 fully saturated rings. The fourth-order valence-electron chi connectivity index (χ4n) is 2.47. The Morgan fingerprint density at radius 3 is 2.58 bits per heavy atom. The van der Waals surface area contributed by atoms with Crippen molar-refractivity contribution in [2.45, 2.75) is 64.1 Å². The molecule has 0 bridgehead atoms. The molecule has 1 aliphatic heterocycles. The Kier molecular flexibility index (Phi) is 6.22. The Morgan fingerprint density at radius 2 is 1.95 bits per heavy atom. The molecule has 2 heteroatoms. The number of unbranched alkanes of at least 4 members (excludes halogenated alkanes) is 1. The van der Waals surface area contributed by atoms with Crippen molar-refractivity contribution >= 4 is 0 Å². The van der Waals surface area contributed by atoms with Crippen LogP contribution in [0.5, 0.6) is 5.75 Å². The Hall–Kier alpha value is -1.02. The molecule has 0 spiro atoms. The van der Waals surface area contributed by atoms with Crippen molar-refractivity contribution in [3.63, 3.8) is 0 Å². The van der Waals surface area contributed by atoms with E-state index in [0.29, 0.717) is 12.2 Å². The minimum Gasteiger partial charge on any atom is -0.490 e. The lowest BCUT2D eigenvalue weighted by Gasteiger charge is -2.27. The quantitative estimate of drug-likeness (QED) is 0.648. The van der Waals surface area contributed by atoms with E-state index in [4.69, 9.17) is 9.47 Å². The standard InChI is InChI=1S/C17H26O2/c1-2-3-8-16(12-7-11-15-13-14-18-15)19-17-9-5-4-6-10-17/h4-6,9-10,15-16H,2-3,7-8,11-14H2,1H3. The summed E-state index contributed by atoms with van der Waals surface area (Å²) in [5, 5.41) is 0. The van der Waals surface area contributed by atoms with Crippen LogP contribution in [0.2, 0.25) is 0 Å². The summed E-state index contributed by atoms with van der Waals surface area (Å²) in [5.41, 5.74) is 0. The second-order valence-electron chi connectivity index (χ2n) is 5.41.